The molecule has 106 valence electrons. The van der Waals surface area contributed by atoms with Crippen molar-refractivity contribution in [2.45, 2.75) is 31.6 Å². The van der Waals surface area contributed by atoms with Crippen LogP contribution in [0.3, 0.4) is 0 Å². The summed E-state index contributed by atoms with van der Waals surface area (Å²) in [6.07, 6.45) is 0. The van der Waals surface area contributed by atoms with E-state index in [1.807, 2.05) is 14.0 Å². The molecule has 0 aliphatic heterocycles. The van der Waals surface area contributed by atoms with Gasteiger partial charge in [0.1, 0.15) is 10.9 Å². The summed E-state index contributed by atoms with van der Waals surface area (Å²) in [6, 6.07) is 6.55. The zero-order valence-electron chi connectivity index (χ0n) is 12.3. The summed E-state index contributed by atoms with van der Waals surface area (Å²) in [4.78, 5) is 0. The van der Waals surface area contributed by atoms with E-state index in [4.69, 9.17) is 11.1 Å². The van der Waals surface area contributed by atoms with Gasteiger partial charge in [-0.15, -0.1) is 11.8 Å². The van der Waals surface area contributed by atoms with E-state index < -0.39 is 0 Å². The number of hydrogen-bond donors (Lipinski definition) is 2. The minimum atomic E-state index is 0.0820. The van der Waals surface area contributed by atoms with E-state index in [0.29, 0.717) is 0 Å². The second-order valence-electron chi connectivity index (χ2n) is 5.09. The highest BCUT2D eigenvalue weighted by molar-refractivity contribution is 7.98. The fourth-order valence-corrected chi connectivity index (χ4v) is 3.52. The van der Waals surface area contributed by atoms with Crippen molar-refractivity contribution >= 4 is 17.6 Å². The molecule has 0 aliphatic carbocycles. The summed E-state index contributed by atoms with van der Waals surface area (Å²) in [5.74, 6) is 0.931. The molecular weight excluding hydrogens is 268 g/mol. The Kier molecular flexibility index (Phi) is 4.18. The van der Waals surface area contributed by atoms with Crippen LogP contribution in [0.1, 0.15) is 27.9 Å². The summed E-state index contributed by atoms with van der Waals surface area (Å²) >= 11 is 1.67. The predicted molar refractivity (Wildman–Crippen MR) is 84.4 cm³/mol. The first-order valence-electron chi connectivity index (χ1n) is 6.46. The van der Waals surface area contributed by atoms with Crippen molar-refractivity contribution in [3.8, 4) is 0 Å². The number of nitrogens with zero attached hydrogens (tertiary/aromatic N) is 2. The lowest BCUT2D eigenvalue weighted by atomic mass is 10.1. The maximum absolute atomic E-state index is 7.69. The van der Waals surface area contributed by atoms with Crippen LogP contribution in [0.25, 0.3) is 0 Å². The number of nitrogens with one attached hydrogen (secondary N) is 1. The van der Waals surface area contributed by atoms with Gasteiger partial charge in [-0.05, 0) is 26.3 Å². The summed E-state index contributed by atoms with van der Waals surface area (Å²) in [5.41, 5.74) is 11.0. The van der Waals surface area contributed by atoms with Crippen molar-refractivity contribution in [1.29, 1.82) is 5.41 Å². The second kappa shape index (κ2) is 5.71. The topological polar surface area (TPSA) is 67.7 Å². The van der Waals surface area contributed by atoms with E-state index in [1.165, 1.54) is 16.7 Å². The fourth-order valence-electron chi connectivity index (χ4n) is 2.42. The molecule has 0 amide bonds. The third-order valence-electron chi connectivity index (χ3n) is 3.10. The minimum Gasteiger partial charge on any atom is -0.384 e. The van der Waals surface area contributed by atoms with Crippen LogP contribution in [0, 0.1) is 26.2 Å². The van der Waals surface area contributed by atoms with Crippen LogP contribution >= 0.6 is 11.8 Å². The molecule has 0 bridgehead atoms. The second-order valence-corrected chi connectivity index (χ2v) is 6.05. The maximum Gasteiger partial charge on any atom is 0.127 e. The van der Waals surface area contributed by atoms with Gasteiger partial charge < -0.3 is 5.73 Å². The minimum absolute atomic E-state index is 0.0820. The number of thioether (sulfide) groups is 1. The average Bonchev–Trinajstić information content (AvgIpc) is 2.60. The third kappa shape index (κ3) is 3.04. The van der Waals surface area contributed by atoms with Gasteiger partial charge in [0.15, 0.2) is 0 Å². The molecule has 0 radical (unpaired) electrons. The molecule has 0 saturated heterocycles. The Labute approximate surface area is 123 Å². The highest BCUT2D eigenvalue weighted by atomic mass is 32.2. The molecular formula is C15H20N4S. The summed E-state index contributed by atoms with van der Waals surface area (Å²) in [5, 5.41) is 13.0. The lowest BCUT2D eigenvalue weighted by molar-refractivity contribution is 0.692. The van der Waals surface area contributed by atoms with Crippen LogP contribution < -0.4 is 5.73 Å². The van der Waals surface area contributed by atoms with E-state index in [1.54, 1.807) is 16.4 Å². The SMILES string of the molecule is Cc1cc(C)cc(CSc2c(C(=N)N)c(C)nn2C)c1. The van der Waals surface area contributed by atoms with Crippen LogP contribution in [0.2, 0.25) is 0 Å². The number of benzene rings is 1. The molecule has 0 saturated carbocycles. The maximum atomic E-state index is 7.69. The Hall–Kier alpha value is -1.75. The molecule has 3 N–H and O–H groups in total. The molecule has 2 aromatic rings. The molecule has 2 rings (SSSR count). The first kappa shape index (κ1) is 14.7. The third-order valence-corrected chi connectivity index (χ3v) is 4.32. The quantitative estimate of drug-likeness (QED) is 0.516. The Morgan fingerprint density at radius 2 is 1.85 bits per heavy atom. The fraction of sp³-hybridized carbons (Fsp3) is 0.333. The van der Waals surface area contributed by atoms with E-state index >= 15 is 0 Å². The molecule has 0 fully saturated rings. The normalized spacial score (nSPS) is 10.8. The zero-order valence-corrected chi connectivity index (χ0v) is 13.1. The van der Waals surface area contributed by atoms with Crippen molar-refractivity contribution in [1.82, 2.24) is 9.78 Å². The van der Waals surface area contributed by atoms with Gasteiger partial charge in [-0.3, -0.25) is 10.1 Å². The zero-order chi connectivity index (χ0) is 14.9. The Balaban J connectivity index is 2.25. The number of hydrogen-bond acceptors (Lipinski definition) is 3. The highest BCUT2D eigenvalue weighted by Crippen LogP contribution is 2.28. The Morgan fingerprint density at radius 1 is 1.25 bits per heavy atom. The Morgan fingerprint density at radius 3 is 2.40 bits per heavy atom. The molecule has 0 spiro atoms. The van der Waals surface area contributed by atoms with Crippen molar-refractivity contribution in [2.24, 2.45) is 12.8 Å². The lowest BCUT2D eigenvalue weighted by Gasteiger charge is -2.07. The molecule has 0 atom stereocenters. The standard InChI is InChI=1S/C15H20N4S/c1-9-5-10(2)7-12(6-9)8-20-15-13(14(16)17)11(3)18-19(15)4/h5-7H,8H2,1-4H3,(H3,16,17). The van der Waals surface area contributed by atoms with Crippen molar-refractivity contribution in [3.05, 3.63) is 46.1 Å². The molecule has 0 unspecified atom stereocenters. The number of aromatic nitrogens is 2. The van der Waals surface area contributed by atoms with Crippen molar-refractivity contribution < 1.29 is 0 Å². The van der Waals surface area contributed by atoms with E-state index in [2.05, 4.69) is 37.1 Å². The van der Waals surface area contributed by atoms with Crippen LogP contribution in [-0.2, 0) is 12.8 Å². The molecule has 1 aromatic heterocycles. The van der Waals surface area contributed by atoms with Gasteiger partial charge in [0.05, 0.1) is 11.3 Å². The van der Waals surface area contributed by atoms with E-state index in [-0.39, 0.29) is 5.84 Å². The van der Waals surface area contributed by atoms with Crippen LogP contribution in [0.4, 0.5) is 0 Å². The first-order valence-corrected chi connectivity index (χ1v) is 7.45. The summed E-state index contributed by atoms with van der Waals surface area (Å²) in [7, 11) is 1.89. The number of aryl methyl sites for hydroxylation is 4. The van der Waals surface area contributed by atoms with Crippen LogP contribution in [0.15, 0.2) is 23.2 Å². The number of amidine groups is 1. The molecule has 4 nitrogen and oxygen atoms in total. The monoisotopic (exact) mass is 288 g/mol. The largest absolute Gasteiger partial charge is 0.384 e. The van der Waals surface area contributed by atoms with Gasteiger partial charge in [0, 0.05) is 12.8 Å². The van der Waals surface area contributed by atoms with Gasteiger partial charge in [0.25, 0.3) is 0 Å². The van der Waals surface area contributed by atoms with Gasteiger partial charge in [-0.1, -0.05) is 29.3 Å². The van der Waals surface area contributed by atoms with Gasteiger partial charge >= 0.3 is 0 Å². The van der Waals surface area contributed by atoms with Gasteiger partial charge in [-0.2, -0.15) is 5.10 Å². The number of nitrogens with two attached hydrogens (primary N) is 1. The molecule has 0 aliphatic rings. The van der Waals surface area contributed by atoms with Gasteiger partial charge in [-0.25, -0.2) is 0 Å². The molecule has 20 heavy (non-hydrogen) atoms. The van der Waals surface area contributed by atoms with Crippen molar-refractivity contribution in [2.75, 3.05) is 0 Å². The smallest absolute Gasteiger partial charge is 0.127 e. The summed E-state index contributed by atoms with van der Waals surface area (Å²) < 4.78 is 1.80. The lowest BCUT2D eigenvalue weighted by Crippen LogP contribution is -2.13. The van der Waals surface area contributed by atoms with E-state index in [0.717, 1.165) is 22.0 Å². The van der Waals surface area contributed by atoms with E-state index in [9.17, 15) is 0 Å². The predicted octanol–water partition coefficient (Wildman–Crippen LogP) is 2.92. The Bertz CT molecular complexity index is 638. The van der Waals surface area contributed by atoms with Crippen LogP contribution in [0.5, 0.6) is 0 Å². The molecule has 1 aromatic carbocycles. The average molecular weight is 288 g/mol. The molecule has 1 heterocycles. The number of nitrogen functional groups attached to an aromatic ring is 1. The van der Waals surface area contributed by atoms with Gasteiger partial charge in [0.2, 0.25) is 0 Å². The summed E-state index contributed by atoms with van der Waals surface area (Å²) in [6.45, 7) is 6.10. The first-order chi connectivity index (χ1) is 9.38. The van der Waals surface area contributed by atoms with Crippen molar-refractivity contribution in [3.63, 3.8) is 0 Å². The van der Waals surface area contributed by atoms with Crippen LogP contribution in [-0.4, -0.2) is 15.6 Å². The number of rotatable bonds is 4. The highest BCUT2D eigenvalue weighted by Gasteiger charge is 2.16. The molecule has 5 heteroatoms.